The first-order valence-corrected chi connectivity index (χ1v) is 11.5. The molecular formula is C20H30N4O3S. The number of hydrogen-bond acceptors (Lipinski definition) is 4. The molecule has 1 aromatic carbocycles. The van der Waals surface area contributed by atoms with Gasteiger partial charge in [-0.1, -0.05) is 18.2 Å². The second-order valence-corrected chi connectivity index (χ2v) is 9.32. The van der Waals surface area contributed by atoms with Gasteiger partial charge in [-0.05, 0) is 39.7 Å². The van der Waals surface area contributed by atoms with E-state index in [0.29, 0.717) is 19.6 Å². The summed E-state index contributed by atoms with van der Waals surface area (Å²) in [6.45, 7) is 8.09. The Morgan fingerprint density at radius 1 is 1.25 bits per heavy atom. The lowest BCUT2D eigenvalue weighted by atomic mass is 10.1. The molecule has 0 unspecified atom stereocenters. The van der Waals surface area contributed by atoms with Gasteiger partial charge in [0, 0.05) is 36.6 Å². The van der Waals surface area contributed by atoms with Crippen LogP contribution in [0.1, 0.15) is 38.0 Å². The number of para-hydroxylation sites is 1. The molecule has 8 heteroatoms. The topological polar surface area (TPSA) is 86.9 Å². The second-order valence-electron chi connectivity index (χ2n) is 7.06. The average molecular weight is 407 g/mol. The van der Waals surface area contributed by atoms with Crippen molar-refractivity contribution in [2.45, 2.75) is 46.2 Å². The summed E-state index contributed by atoms with van der Waals surface area (Å²) >= 11 is 0. The largest absolute Gasteiger partial charge is 0.459 e. The first-order chi connectivity index (χ1) is 13.4. The summed E-state index contributed by atoms with van der Waals surface area (Å²) in [5, 5.41) is 7.84. The molecule has 1 aliphatic heterocycles. The summed E-state index contributed by atoms with van der Waals surface area (Å²) in [4.78, 5) is 4.69. The molecule has 1 saturated heterocycles. The molecule has 0 amide bonds. The molecule has 1 aromatic heterocycles. The Morgan fingerprint density at radius 2 is 1.96 bits per heavy atom. The molecule has 2 N–H and O–H groups in total. The third kappa shape index (κ3) is 4.67. The fourth-order valence-electron chi connectivity index (χ4n) is 3.50. The summed E-state index contributed by atoms with van der Waals surface area (Å²) in [5.74, 6) is 1.76. The van der Waals surface area contributed by atoms with E-state index in [0.717, 1.165) is 47.6 Å². The predicted octanol–water partition coefficient (Wildman–Crippen LogP) is 2.61. The Hall–Kier alpha value is -2.06. The van der Waals surface area contributed by atoms with Crippen LogP contribution in [0.25, 0.3) is 11.0 Å². The quantitative estimate of drug-likeness (QED) is 0.569. The summed E-state index contributed by atoms with van der Waals surface area (Å²) in [6, 6.07) is 8.21. The van der Waals surface area contributed by atoms with Crippen molar-refractivity contribution in [3.8, 4) is 0 Å². The van der Waals surface area contributed by atoms with Gasteiger partial charge in [-0.2, -0.15) is 0 Å². The Labute approximate surface area is 167 Å². The summed E-state index contributed by atoms with van der Waals surface area (Å²) in [7, 11) is -3.10. The van der Waals surface area contributed by atoms with Gasteiger partial charge in [-0.3, -0.25) is 0 Å². The molecule has 2 aromatic rings. The molecule has 0 atom stereocenters. The molecule has 7 nitrogen and oxygen atoms in total. The van der Waals surface area contributed by atoms with Crippen LogP contribution in [0, 0.1) is 6.92 Å². The van der Waals surface area contributed by atoms with Gasteiger partial charge in [0.05, 0.1) is 5.75 Å². The molecule has 1 fully saturated rings. The molecule has 28 heavy (non-hydrogen) atoms. The number of furan rings is 1. The van der Waals surface area contributed by atoms with E-state index in [9.17, 15) is 8.42 Å². The maximum absolute atomic E-state index is 12.0. The zero-order valence-corrected chi connectivity index (χ0v) is 17.7. The maximum Gasteiger partial charge on any atom is 0.213 e. The number of aliphatic imine (C=N–C) groups is 1. The zero-order valence-electron chi connectivity index (χ0n) is 16.9. The lowest BCUT2D eigenvalue weighted by Crippen LogP contribution is -2.50. The molecule has 0 radical (unpaired) electrons. The Morgan fingerprint density at radius 3 is 2.61 bits per heavy atom. The fraction of sp³-hybridized carbons (Fsp3) is 0.550. The molecule has 1 aliphatic rings. The highest BCUT2D eigenvalue weighted by atomic mass is 32.2. The van der Waals surface area contributed by atoms with Crippen molar-refractivity contribution in [2.24, 2.45) is 4.99 Å². The van der Waals surface area contributed by atoms with Crippen LogP contribution in [0.3, 0.4) is 0 Å². The predicted molar refractivity (Wildman–Crippen MR) is 113 cm³/mol. The standard InChI is InChI=1S/C20H30N4O3S/c1-4-21-20(23-16-10-12-24(13-11-16)28(25,26)5-2)22-14-19-15(3)17-8-6-7-9-18(17)27-19/h6-9,16H,4-5,10-14H2,1-3H3,(H2,21,22,23). The number of hydrogen-bond donors (Lipinski definition) is 2. The van der Waals surface area contributed by atoms with E-state index in [1.54, 1.807) is 11.2 Å². The van der Waals surface area contributed by atoms with Crippen molar-refractivity contribution in [1.29, 1.82) is 0 Å². The molecule has 0 bridgehead atoms. The molecule has 154 valence electrons. The van der Waals surface area contributed by atoms with Crippen molar-refractivity contribution in [1.82, 2.24) is 14.9 Å². The van der Waals surface area contributed by atoms with Crippen molar-refractivity contribution >= 4 is 27.0 Å². The lowest BCUT2D eigenvalue weighted by molar-refractivity contribution is 0.306. The average Bonchev–Trinajstić information content (AvgIpc) is 3.03. The van der Waals surface area contributed by atoms with Gasteiger partial charge in [-0.15, -0.1) is 0 Å². The van der Waals surface area contributed by atoms with Crippen molar-refractivity contribution in [3.05, 3.63) is 35.6 Å². The van der Waals surface area contributed by atoms with Crippen LogP contribution in [0.5, 0.6) is 0 Å². The number of sulfonamides is 1. The normalized spacial score (nSPS) is 17.2. The minimum absolute atomic E-state index is 0.159. The summed E-state index contributed by atoms with van der Waals surface area (Å²) < 4.78 is 31.6. The Bertz CT molecular complexity index is 928. The van der Waals surface area contributed by atoms with E-state index < -0.39 is 10.0 Å². The van der Waals surface area contributed by atoms with Gasteiger partial charge in [0.25, 0.3) is 0 Å². The van der Waals surface area contributed by atoms with Gasteiger partial charge < -0.3 is 15.1 Å². The molecule has 3 rings (SSSR count). The number of fused-ring (bicyclic) bond motifs is 1. The number of piperidine rings is 1. The van der Waals surface area contributed by atoms with Gasteiger partial charge in [0.15, 0.2) is 5.96 Å². The van der Waals surface area contributed by atoms with Crippen LogP contribution in [0.4, 0.5) is 0 Å². The molecule has 2 heterocycles. The maximum atomic E-state index is 12.0. The number of rotatable bonds is 6. The molecule has 0 spiro atoms. The second kappa shape index (κ2) is 8.96. The smallest absolute Gasteiger partial charge is 0.213 e. The van der Waals surface area contributed by atoms with Gasteiger partial charge in [0.2, 0.25) is 10.0 Å². The van der Waals surface area contributed by atoms with E-state index >= 15 is 0 Å². The highest BCUT2D eigenvalue weighted by Gasteiger charge is 2.27. The Kier molecular flexibility index (Phi) is 6.61. The number of guanidine groups is 1. The van der Waals surface area contributed by atoms with E-state index in [2.05, 4.69) is 28.6 Å². The van der Waals surface area contributed by atoms with Crippen LogP contribution in [0.2, 0.25) is 0 Å². The third-order valence-electron chi connectivity index (χ3n) is 5.22. The van der Waals surface area contributed by atoms with E-state index in [-0.39, 0.29) is 11.8 Å². The summed E-state index contributed by atoms with van der Waals surface area (Å²) in [5.41, 5.74) is 2.00. The Balaban J connectivity index is 1.64. The van der Waals surface area contributed by atoms with Crippen LogP contribution < -0.4 is 10.6 Å². The van der Waals surface area contributed by atoms with Crippen molar-refractivity contribution in [3.63, 3.8) is 0 Å². The lowest BCUT2D eigenvalue weighted by Gasteiger charge is -2.32. The number of benzene rings is 1. The van der Waals surface area contributed by atoms with Gasteiger partial charge in [-0.25, -0.2) is 17.7 Å². The number of nitrogens with zero attached hydrogens (tertiary/aromatic N) is 2. The highest BCUT2D eigenvalue weighted by Crippen LogP contribution is 2.25. The molecular weight excluding hydrogens is 376 g/mol. The molecule has 0 saturated carbocycles. The van der Waals surface area contributed by atoms with Crippen LogP contribution in [0.15, 0.2) is 33.7 Å². The van der Waals surface area contributed by atoms with Crippen LogP contribution >= 0.6 is 0 Å². The van der Waals surface area contributed by atoms with E-state index in [4.69, 9.17) is 4.42 Å². The molecule has 0 aliphatic carbocycles. The van der Waals surface area contributed by atoms with E-state index in [1.807, 2.05) is 25.1 Å². The fourth-order valence-corrected chi connectivity index (χ4v) is 4.63. The first-order valence-electron chi connectivity index (χ1n) is 9.94. The van der Waals surface area contributed by atoms with Crippen LogP contribution in [-0.4, -0.2) is 50.1 Å². The van der Waals surface area contributed by atoms with Crippen molar-refractivity contribution in [2.75, 3.05) is 25.4 Å². The minimum atomic E-state index is -3.10. The number of aryl methyl sites for hydroxylation is 1. The van der Waals surface area contributed by atoms with Gasteiger partial charge >= 0.3 is 0 Å². The third-order valence-corrected chi connectivity index (χ3v) is 7.10. The SMILES string of the molecule is CCNC(=NCc1oc2ccccc2c1C)NC1CCN(S(=O)(=O)CC)CC1. The summed E-state index contributed by atoms with van der Waals surface area (Å²) in [6.07, 6.45) is 1.54. The monoisotopic (exact) mass is 406 g/mol. The first kappa shape index (κ1) is 20.7. The van der Waals surface area contributed by atoms with Crippen molar-refractivity contribution < 1.29 is 12.8 Å². The van der Waals surface area contributed by atoms with E-state index in [1.165, 1.54) is 0 Å². The van der Waals surface area contributed by atoms with Gasteiger partial charge in [0.1, 0.15) is 17.9 Å². The zero-order chi connectivity index (χ0) is 20.1. The minimum Gasteiger partial charge on any atom is -0.459 e. The highest BCUT2D eigenvalue weighted by molar-refractivity contribution is 7.89. The number of nitrogens with one attached hydrogen (secondary N) is 2. The van der Waals surface area contributed by atoms with Crippen LogP contribution in [-0.2, 0) is 16.6 Å².